The van der Waals surface area contributed by atoms with Crippen molar-refractivity contribution in [2.24, 2.45) is 10.7 Å². The summed E-state index contributed by atoms with van der Waals surface area (Å²) in [4.78, 5) is 4.49. The number of phenolic OH excluding ortho intramolecular Hbond substituents is 2. The smallest absolute Gasteiger partial charge is 0.128 e. The van der Waals surface area contributed by atoms with Crippen molar-refractivity contribution in [2.75, 3.05) is 6.54 Å². The maximum atomic E-state index is 10.0. The standard InChI is InChI=1S/C16H14N2O2.2C2H6/c17-14-7-8-18-16(12-4-2-1-3-11(12)14)13-6-5-10(19)9-15(13)20;2*1-2/h1-7,9,19-20H,8,17H2;2*1-2H3. The first kappa shape index (κ1) is 19.3. The lowest BCUT2D eigenvalue weighted by Crippen LogP contribution is -2.08. The monoisotopic (exact) mass is 326 g/mol. The molecule has 0 unspecified atom stereocenters. The van der Waals surface area contributed by atoms with Crippen LogP contribution in [0.2, 0.25) is 0 Å². The quantitative estimate of drug-likeness (QED) is 0.731. The fraction of sp³-hybridized carbons (Fsp3) is 0.250. The van der Waals surface area contributed by atoms with Gasteiger partial charge in [-0.05, 0) is 18.2 Å². The van der Waals surface area contributed by atoms with Gasteiger partial charge in [0.15, 0.2) is 0 Å². The molecule has 4 heteroatoms. The van der Waals surface area contributed by atoms with Gasteiger partial charge in [0, 0.05) is 28.5 Å². The van der Waals surface area contributed by atoms with Crippen LogP contribution in [0.1, 0.15) is 44.4 Å². The predicted octanol–water partition coefficient (Wildman–Crippen LogP) is 4.30. The van der Waals surface area contributed by atoms with E-state index in [2.05, 4.69) is 4.99 Å². The van der Waals surface area contributed by atoms with Gasteiger partial charge < -0.3 is 15.9 Å². The minimum Gasteiger partial charge on any atom is -0.508 e. The van der Waals surface area contributed by atoms with Gasteiger partial charge in [-0.25, -0.2) is 0 Å². The van der Waals surface area contributed by atoms with Crippen molar-refractivity contribution >= 4 is 11.4 Å². The van der Waals surface area contributed by atoms with Crippen LogP contribution in [0.5, 0.6) is 11.5 Å². The number of aliphatic imine (C=N–C) groups is 1. The fourth-order valence-electron chi connectivity index (χ4n) is 2.32. The van der Waals surface area contributed by atoms with E-state index in [0.29, 0.717) is 23.5 Å². The highest BCUT2D eigenvalue weighted by Crippen LogP contribution is 2.29. The van der Waals surface area contributed by atoms with Crippen molar-refractivity contribution < 1.29 is 10.2 Å². The number of hydrogen-bond donors (Lipinski definition) is 3. The van der Waals surface area contributed by atoms with Crippen LogP contribution in [-0.4, -0.2) is 22.5 Å². The van der Waals surface area contributed by atoms with Gasteiger partial charge in [0.05, 0.1) is 12.3 Å². The van der Waals surface area contributed by atoms with Gasteiger partial charge in [-0.15, -0.1) is 0 Å². The Morgan fingerprint density at radius 1 is 0.875 bits per heavy atom. The summed E-state index contributed by atoms with van der Waals surface area (Å²) in [6.45, 7) is 8.45. The lowest BCUT2D eigenvalue weighted by molar-refractivity contribution is 0.450. The van der Waals surface area contributed by atoms with E-state index in [1.165, 1.54) is 12.1 Å². The third-order valence-corrected chi connectivity index (χ3v) is 3.29. The minimum atomic E-state index is -0.000903. The Morgan fingerprint density at radius 2 is 1.50 bits per heavy atom. The molecule has 0 bridgehead atoms. The molecule has 0 aromatic heterocycles. The molecule has 4 nitrogen and oxygen atoms in total. The van der Waals surface area contributed by atoms with E-state index in [9.17, 15) is 10.2 Å². The molecule has 4 N–H and O–H groups in total. The Kier molecular flexibility index (Phi) is 7.56. The molecule has 2 aromatic carbocycles. The van der Waals surface area contributed by atoms with Crippen LogP contribution < -0.4 is 5.73 Å². The van der Waals surface area contributed by atoms with E-state index in [4.69, 9.17) is 5.73 Å². The Labute approximate surface area is 144 Å². The average Bonchev–Trinajstić information content (AvgIpc) is 2.78. The first-order valence-corrected chi connectivity index (χ1v) is 8.29. The average molecular weight is 326 g/mol. The summed E-state index contributed by atoms with van der Waals surface area (Å²) < 4.78 is 0. The molecule has 0 saturated heterocycles. The van der Waals surface area contributed by atoms with Gasteiger partial charge in [-0.1, -0.05) is 52.0 Å². The Bertz CT molecular complexity index is 734. The van der Waals surface area contributed by atoms with E-state index in [1.54, 1.807) is 6.07 Å². The number of benzene rings is 2. The summed E-state index contributed by atoms with van der Waals surface area (Å²) in [5, 5.41) is 19.4. The van der Waals surface area contributed by atoms with Crippen molar-refractivity contribution in [1.29, 1.82) is 0 Å². The molecule has 1 aliphatic rings. The van der Waals surface area contributed by atoms with Gasteiger partial charge in [0.2, 0.25) is 0 Å². The summed E-state index contributed by atoms with van der Waals surface area (Å²) in [7, 11) is 0. The molecule has 1 aliphatic heterocycles. The van der Waals surface area contributed by atoms with Gasteiger partial charge in [-0.3, -0.25) is 4.99 Å². The number of rotatable bonds is 1. The van der Waals surface area contributed by atoms with Gasteiger partial charge in [0.25, 0.3) is 0 Å². The molecule has 0 aliphatic carbocycles. The van der Waals surface area contributed by atoms with Crippen molar-refractivity contribution in [3.05, 3.63) is 65.2 Å². The Morgan fingerprint density at radius 3 is 2.12 bits per heavy atom. The molecule has 3 rings (SSSR count). The highest BCUT2D eigenvalue weighted by atomic mass is 16.3. The molecule has 128 valence electrons. The molecule has 2 aromatic rings. The maximum absolute atomic E-state index is 10.0. The molecular weight excluding hydrogens is 300 g/mol. The molecule has 1 heterocycles. The van der Waals surface area contributed by atoms with E-state index < -0.39 is 0 Å². The van der Waals surface area contributed by atoms with E-state index in [0.717, 1.165) is 11.1 Å². The van der Waals surface area contributed by atoms with Crippen LogP contribution in [0.25, 0.3) is 5.70 Å². The largest absolute Gasteiger partial charge is 0.508 e. The van der Waals surface area contributed by atoms with Crippen molar-refractivity contribution in [3.8, 4) is 11.5 Å². The van der Waals surface area contributed by atoms with Gasteiger partial charge in [0.1, 0.15) is 11.5 Å². The van der Waals surface area contributed by atoms with Crippen LogP contribution in [0.15, 0.2) is 53.5 Å². The summed E-state index contributed by atoms with van der Waals surface area (Å²) in [5.74, 6) is 0.0189. The molecular formula is C20H26N2O2. The molecule has 0 atom stereocenters. The number of phenols is 2. The van der Waals surface area contributed by atoms with E-state index >= 15 is 0 Å². The highest BCUT2D eigenvalue weighted by Gasteiger charge is 2.17. The lowest BCUT2D eigenvalue weighted by Gasteiger charge is -2.12. The SMILES string of the molecule is CC.CC.NC1=CCN=C(c2ccc(O)cc2O)c2ccccc21. The molecule has 0 fully saturated rings. The van der Waals surface area contributed by atoms with Crippen LogP contribution in [0.4, 0.5) is 0 Å². The number of aromatic hydroxyl groups is 2. The lowest BCUT2D eigenvalue weighted by atomic mass is 9.96. The minimum absolute atomic E-state index is 0.000903. The van der Waals surface area contributed by atoms with Gasteiger partial charge >= 0.3 is 0 Å². The fourth-order valence-corrected chi connectivity index (χ4v) is 2.32. The van der Waals surface area contributed by atoms with Crippen LogP contribution in [-0.2, 0) is 0 Å². The number of fused-ring (bicyclic) bond motifs is 1. The van der Waals surface area contributed by atoms with Crippen molar-refractivity contribution in [3.63, 3.8) is 0 Å². The van der Waals surface area contributed by atoms with Gasteiger partial charge in [-0.2, -0.15) is 0 Å². The zero-order valence-electron chi connectivity index (χ0n) is 14.7. The van der Waals surface area contributed by atoms with Crippen molar-refractivity contribution in [2.45, 2.75) is 27.7 Å². The summed E-state index contributed by atoms with van der Waals surface area (Å²) >= 11 is 0. The van der Waals surface area contributed by atoms with Crippen LogP contribution in [0, 0.1) is 0 Å². The third-order valence-electron chi connectivity index (χ3n) is 3.29. The Hall–Kier alpha value is -2.75. The van der Waals surface area contributed by atoms with Crippen molar-refractivity contribution in [1.82, 2.24) is 0 Å². The molecule has 24 heavy (non-hydrogen) atoms. The van der Waals surface area contributed by atoms with E-state index in [-0.39, 0.29) is 11.5 Å². The summed E-state index contributed by atoms with van der Waals surface area (Å²) in [5.41, 5.74) is 9.74. The zero-order chi connectivity index (χ0) is 18.1. The second-order valence-electron chi connectivity index (χ2n) is 4.60. The predicted molar refractivity (Wildman–Crippen MR) is 102 cm³/mol. The number of hydrogen-bond acceptors (Lipinski definition) is 4. The normalized spacial score (nSPS) is 12.2. The third kappa shape index (κ3) is 4.16. The first-order chi connectivity index (χ1) is 11.7. The highest BCUT2D eigenvalue weighted by molar-refractivity contribution is 6.17. The molecule has 0 radical (unpaired) electrons. The topological polar surface area (TPSA) is 78.8 Å². The summed E-state index contributed by atoms with van der Waals surface area (Å²) in [6.07, 6.45) is 1.85. The molecule has 0 spiro atoms. The second kappa shape index (κ2) is 9.40. The molecule has 0 saturated carbocycles. The second-order valence-corrected chi connectivity index (χ2v) is 4.60. The van der Waals surface area contributed by atoms with E-state index in [1.807, 2.05) is 58.0 Å². The van der Waals surface area contributed by atoms with Crippen LogP contribution in [0.3, 0.4) is 0 Å². The summed E-state index contributed by atoms with van der Waals surface area (Å²) in [6, 6.07) is 12.2. The maximum Gasteiger partial charge on any atom is 0.128 e. The molecule has 0 amide bonds. The van der Waals surface area contributed by atoms with Crippen LogP contribution >= 0.6 is 0 Å². The Balaban J connectivity index is 0.000000671. The zero-order valence-corrected chi connectivity index (χ0v) is 14.7. The number of nitrogens with two attached hydrogens (primary N) is 1. The number of nitrogens with zero attached hydrogens (tertiary/aromatic N) is 1. The first-order valence-electron chi connectivity index (χ1n) is 8.29.